The van der Waals surface area contributed by atoms with Gasteiger partial charge in [0, 0.05) is 33.9 Å². The molecule has 0 aliphatic rings. The Labute approximate surface area is 118 Å². The molecule has 4 heteroatoms. The van der Waals surface area contributed by atoms with Crippen LogP contribution in [-0.4, -0.2) is 22.3 Å². The second-order valence-electron chi connectivity index (χ2n) is 4.79. The zero-order valence-corrected chi connectivity index (χ0v) is 13.1. The van der Waals surface area contributed by atoms with Gasteiger partial charge in [-0.3, -0.25) is 4.21 Å². The predicted octanol–water partition coefficient (Wildman–Crippen LogP) is 3.20. The molecule has 0 spiro atoms. The standard InChI is InChI=1S/C14H22ClNOS/c1-10-7-13(15)8-11(2)14(10)9-16-6-5-12(3)18(4)17/h7-8,12,16H,5-6,9H2,1-4H3/t12-,18+/m1/s1. The number of rotatable bonds is 6. The van der Waals surface area contributed by atoms with E-state index in [0.717, 1.165) is 24.5 Å². The smallest absolute Gasteiger partial charge is 0.0411 e. The normalized spacial score (nSPS) is 14.5. The third kappa shape index (κ3) is 4.71. The van der Waals surface area contributed by atoms with Gasteiger partial charge in [-0.15, -0.1) is 0 Å². The van der Waals surface area contributed by atoms with Crippen molar-refractivity contribution >= 4 is 22.4 Å². The van der Waals surface area contributed by atoms with E-state index < -0.39 is 10.8 Å². The van der Waals surface area contributed by atoms with Crippen molar-refractivity contribution in [1.29, 1.82) is 0 Å². The molecule has 0 bridgehead atoms. The topological polar surface area (TPSA) is 29.1 Å². The van der Waals surface area contributed by atoms with Crippen LogP contribution in [0.3, 0.4) is 0 Å². The Morgan fingerprint density at radius 2 is 1.89 bits per heavy atom. The summed E-state index contributed by atoms with van der Waals surface area (Å²) in [7, 11) is -0.728. The summed E-state index contributed by atoms with van der Waals surface area (Å²) in [5, 5.41) is 4.46. The van der Waals surface area contributed by atoms with Crippen molar-refractivity contribution in [3.8, 4) is 0 Å². The summed E-state index contributed by atoms with van der Waals surface area (Å²) < 4.78 is 11.2. The first kappa shape index (κ1) is 15.7. The lowest BCUT2D eigenvalue weighted by Crippen LogP contribution is -2.21. The highest BCUT2D eigenvalue weighted by Crippen LogP contribution is 2.19. The minimum absolute atomic E-state index is 0.255. The largest absolute Gasteiger partial charge is 0.313 e. The molecule has 0 amide bonds. The summed E-state index contributed by atoms with van der Waals surface area (Å²) in [6.07, 6.45) is 2.70. The maximum absolute atomic E-state index is 11.2. The van der Waals surface area contributed by atoms with Crippen molar-refractivity contribution in [2.75, 3.05) is 12.8 Å². The lowest BCUT2D eigenvalue weighted by molar-refractivity contribution is 0.627. The lowest BCUT2D eigenvalue weighted by atomic mass is 10.0. The van der Waals surface area contributed by atoms with E-state index in [9.17, 15) is 4.21 Å². The fraction of sp³-hybridized carbons (Fsp3) is 0.571. The van der Waals surface area contributed by atoms with E-state index >= 15 is 0 Å². The zero-order chi connectivity index (χ0) is 13.7. The molecule has 0 aliphatic heterocycles. The molecule has 0 radical (unpaired) electrons. The van der Waals surface area contributed by atoms with Crippen LogP contribution in [0.1, 0.15) is 30.0 Å². The second kappa shape index (κ2) is 7.27. The molecule has 0 heterocycles. The molecule has 0 aromatic heterocycles. The second-order valence-corrected chi connectivity index (χ2v) is 7.03. The Bertz CT molecular complexity index is 411. The molecule has 1 aromatic rings. The fourth-order valence-electron chi connectivity index (χ4n) is 1.90. The quantitative estimate of drug-likeness (QED) is 0.814. The van der Waals surface area contributed by atoms with E-state index in [1.54, 1.807) is 6.26 Å². The maximum atomic E-state index is 11.2. The monoisotopic (exact) mass is 287 g/mol. The molecule has 0 fully saturated rings. The molecular weight excluding hydrogens is 266 g/mol. The lowest BCUT2D eigenvalue weighted by Gasteiger charge is -2.13. The number of nitrogens with one attached hydrogen (secondary N) is 1. The van der Waals surface area contributed by atoms with Gasteiger partial charge in [0.25, 0.3) is 0 Å². The Morgan fingerprint density at radius 3 is 2.39 bits per heavy atom. The Kier molecular flexibility index (Phi) is 6.33. The van der Waals surface area contributed by atoms with Crippen LogP contribution < -0.4 is 5.32 Å². The average Bonchev–Trinajstić information content (AvgIpc) is 2.26. The van der Waals surface area contributed by atoms with Gasteiger partial charge in [-0.25, -0.2) is 0 Å². The van der Waals surface area contributed by atoms with E-state index in [4.69, 9.17) is 11.6 Å². The van der Waals surface area contributed by atoms with Gasteiger partial charge in [0.05, 0.1) is 0 Å². The summed E-state index contributed by atoms with van der Waals surface area (Å²) in [5.74, 6) is 0. The predicted molar refractivity (Wildman–Crippen MR) is 80.8 cm³/mol. The van der Waals surface area contributed by atoms with Crippen molar-refractivity contribution in [2.24, 2.45) is 0 Å². The molecule has 1 N–H and O–H groups in total. The van der Waals surface area contributed by atoms with E-state index in [0.29, 0.717) is 0 Å². The number of aryl methyl sites for hydroxylation is 2. The van der Waals surface area contributed by atoms with E-state index in [1.165, 1.54) is 16.7 Å². The summed E-state index contributed by atoms with van der Waals surface area (Å²) in [6.45, 7) is 7.93. The minimum atomic E-state index is -0.728. The number of hydrogen-bond donors (Lipinski definition) is 1. The molecule has 2 nitrogen and oxygen atoms in total. The Balaban J connectivity index is 2.47. The first-order chi connectivity index (χ1) is 8.41. The summed E-state index contributed by atoms with van der Waals surface area (Å²) >= 11 is 6.01. The van der Waals surface area contributed by atoms with Gasteiger partial charge in [0.15, 0.2) is 0 Å². The van der Waals surface area contributed by atoms with Gasteiger partial charge in [-0.1, -0.05) is 18.5 Å². The first-order valence-electron chi connectivity index (χ1n) is 6.20. The van der Waals surface area contributed by atoms with Crippen LogP contribution in [0.2, 0.25) is 5.02 Å². The summed E-state index contributed by atoms with van der Waals surface area (Å²) in [4.78, 5) is 0. The van der Waals surface area contributed by atoms with Gasteiger partial charge < -0.3 is 5.32 Å². The number of benzene rings is 1. The highest BCUT2D eigenvalue weighted by molar-refractivity contribution is 7.84. The van der Waals surface area contributed by atoms with Crippen molar-refractivity contribution in [3.05, 3.63) is 33.8 Å². The van der Waals surface area contributed by atoms with Gasteiger partial charge in [0.2, 0.25) is 0 Å². The van der Waals surface area contributed by atoms with Crippen molar-refractivity contribution < 1.29 is 4.21 Å². The third-order valence-electron chi connectivity index (χ3n) is 3.26. The first-order valence-corrected chi connectivity index (χ1v) is 8.20. The Hall–Kier alpha value is -0.380. The van der Waals surface area contributed by atoms with Gasteiger partial charge in [-0.05, 0) is 55.6 Å². The number of hydrogen-bond acceptors (Lipinski definition) is 2. The molecule has 0 unspecified atom stereocenters. The van der Waals surface area contributed by atoms with Crippen molar-refractivity contribution in [1.82, 2.24) is 5.32 Å². The van der Waals surface area contributed by atoms with Crippen LogP contribution >= 0.6 is 11.6 Å². The third-order valence-corrected chi connectivity index (χ3v) is 4.84. The molecule has 0 saturated carbocycles. The average molecular weight is 288 g/mol. The molecule has 0 aliphatic carbocycles. The number of halogens is 1. The van der Waals surface area contributed by atoms with Crippen LogP contribution in [-0.2, 0) is 17.3 Å². The molecule has 1 aromatic carbocycles. The van der Waals surface area contributed by atoms with Crippen LogP contribution in [0.4, 0.5) is 0 Å². The summed E-state index contributed by atoms with van der Waals surface area (Å²) in [5.41, 5.74) is 3.75. The van der Waals surface area contributed by atoms with Crippen LogP contribution in [0, 0.1) is 13.8 Å². The molecule has 0 saturated heterocycles. The van der Waals surface area contributed by atoms with E-state index in [-0.39, 0.29) is 5.25 Å². The maximum Gasteiger partial charge on any atom is 0.0411 e. The minimum Gasteiger partial charge on any atom is -0.313 e. The summed E-state index contributed by atoms with van der Waals surface area (Å²) in [6, 6.07) is 3.99. The van der Waals surface area contributed by atoms with E-state index in [2.05, 4.69) is 19.2 Å². The molecular formula is C14H22ClNOS. The molecule has 102 valence electrons. The molecule has 18 heavy (non-hydrogen) atoms. The fourth-order valence-corrected chi connectivity index (χ4v) is 2.68. The van der Waals surface area contributed by atoms with Crippen molar-refractivity contribution in [3.63, 3.8) is 0 Å². The Morgan fingerprint density at radius 1 is 1.33 bits per heavy atom. The van der Waals surface area contributed by atoms with E-state index in [1.807, 2.05) is 19.1 Å². The van der Waals surface area contributed by atoms with Gasteiger partial charge in [-0.2, -0.15) is 0 Å². The van der Waals surface area contributed by atoms with Crippen LogP contribution in [0.5, 0.6) is 0 Å². The molecule has 2 atom stereocenters. The zero-order valence-electron chi connectivity index (χ0n) is 11.5. The SMILES string of the molecule is Cc1cc(Cl)cc(C)c1CNCC[C@@H](C)[S@](C)=O. The highest BCUT2D eigenvalue weighted by atomic mass is 35.5. The van der Waals surface area contributed by atoms with Crippen LogP contribution in [0.15, 0.2) is 12.1 Å². The van der Waals surface area contributed by atoms with Crippen molar-refractivity contribution in [2.45, 2.75) is 39.0 Å². The van der Waals surface area contributed by atoms with Gasteiger partial charge in [0.1, 0.15) is 0 Å². The molecule has 1 rings (SSSR count). The van der Waals surface area contributed by atoms with Gasteiger partial charge >= 0.3 is 0 Å². The highest BCUT2D eigenvalue weighted by Gasteiger charge is 2.07. The van der Waals surface area contributed by atoms with Crippen LogP contribution in [0.25, 0.3) is 0 Å².